The molecule has 2 aliphatic carbocycles. The maximum atomic E-state index is 11.9. The molecule has 0 saturated heterocycles. The van der Waals surface area contributed by atoms with Gasteiger partial charge in [-0.3, -0.25) is 9.69 Å². The van der Waals surface area contributed by atoms with E-state index in [2.05, 4.69) is 5.32 Å². The average Bonchev–Trinajstić information content (AvgIpc) is 2.82. The van der Waals surface area contributed by atoms with Gasteiger partial charge in [0, 0.05) is 12.1 Å². The molecule has 1 amide bonds. The largest absolute Gasteiger partial charge is 0.391 e. The van der Waals surface area contributed by atoms with Crippen LogP contribution in [-0.2, 0) is 4.79 Å². The van der Waals surface area contributed by atoms with Gasteiger partial charge in [-0.1, -0.05) is 25.7 Å². The van der Waals surface area contributed by atoms with Gasteiger partial charge in [0.15, 0.2) is 0 Å². The lowest BCUT2D eigenvalue weighted by Crippen LogP contribution is -2.48. The van der Waals surface area contributed by atoms with Crippen LogP contribution in [0, 0.1) is 0 Å². The van der Waals surface area contributed by atoms with Crippen molar-refractivity contribution in [2.75, 3.05) is 13.6 Å². The fraction of sp³-hybridized carbons (Fsp3) is 0.929. The van der Waals surface area contributed by atoms with Gasteiger partial charge in [-0.2, -0.15) is 0 Å². The fourth-order valence-corrected chi connectivity index (χ4v) is 3.29. The number of amides is 1. The summed E-state index contributed by atoms with van der Waals surface area (Å²) in [6, 6.07) is 0.551. The molecule has 0 aromatic heterocycles. The number of rotatable bonds is 4. The Morgan fingerprint density at radius 3 is 2.44 bits per heavy atom. The fourth-order valence-electron chi connectivity index (χ4n) is 3.29. The average molecular weight is 254 g/mol. The molecule has 0 spiro atoms. The zero-order valence-electron chi connectivity index (χ0n) is 11.4. The lowest BCUT2D eigenvalue weighted by Gasteiger charge is -2.34. The van der Waals surface area contributed by atoms with E-state index in [1.807, 2.05) is 11.9 Å². The van der Waals surface area contributed by atoms with E-state index in [1.54, 1.807) is 0 Å². The molecule has 0 aromatic carbocycles. The molecule has 2 atom stereocenters. The maximum absolute atomic E-state index is 11.9. The van der Waals surface area contributed by atoms with Gasteiger partial charge in [-0.25, -0.2) is 0 Å². The second-order valence-corrected chi connectivity index (χ2v) is 5.88. The highest BCUT2D eigenvalue weighted by atomic mass is 16.3. The summed E-state index contributed by atoms with van der Waals surface area (Å²) in [5.74, 6) is 0.113. The Balaban J connectivity index is 1.75. The van der Waals surface area contributed by atoms with E-state index < -0.39 is 0 Å². The first-order valence-electron chi connectivity index (χ1n) is 7.34. The molecular formula is C14H26N2O2. The molecule has 2 aliphatic rings. The van der Waals surface area contributed by atoms with Crippen LogP contribution in [0.25, 0.3) is 0 Å². The molecule has 104 valence electrons. The summed E-state index contributed by atoms with van der Waals surface area (Å²) in [5.41, 5.74) is 0. The summed E-state index contributed by atoms with van der Waals surface area (Å²) in [5, 5.41) is 13.1. The number of hydrogen-bond donors (Lipinski definition) is 2. The third-order valence-corrected chi connectivity index (χ3v) is 4.37. The van der Waals surface area contributed by atoms with Crippen molar-refractivity contribution < 1.29 is 9.90 Å². The van der Waals surface area contributed by atoms with Gasteiger partial charge < -0.3 is 10.4 Å². The van der Waals surface area contributed by atoms with Crippen molar-refractivity contribution >= 4 is 5.91 Å². The van der Waals surface area contributed by atoms with Crippen molar-refractivity contribution in [2.24, 2.45) is 0 Å². The molecule has 18 heavy (non-hydrogen) atoms. The number of carbonyl (C=O) groups is 1. The van der Waals surface area contributed by atoms with E-state index in [0.29, 0.717) is 12.6 Å². The minimum absolute atomic E-state index is 0.113. The van der Waals surface area contributed by atoms with Crippen LogP contribution in [0.15, 0.2) is 0 Å². The molecule has 2 N–H and O–H groups in total. The summed E-state index contributed by atoms with van der Waals surface area (Å²) in [6.07, 6.45) is 8.62. The Hall–Kier alpha value is -0.610. The second-order valence-electron chi connectivity index (χ2n) is 5.88. The minimum atomic E-state index is -0.261. The van der Waals surface area contributed by atoms with E-state index >= 15 is 0 Å². The molecule has 2 rings (SSSR count). The van der Waals surface area contributed by atoms with Gasteiger partial charge in [0.2, 0.25) is 5.91 Å². The second kappa shape index (κ2) is 6.53. The summed E-state index contributed by atoms with van der Waals surface area (Å²) in [7, 11) is 1.95. The monoisotopic (exact) mass is 254 g/mol. The smallest absolute Gasteiger partial charge is 0.234 e. The van der Waals surface area contributed by atoms with Crippen molar-refractivity contribution in [3.05, 3.63) is 0 Å². The van der Waals surface area contributed by atoms with Crippen LogP contribution < -0.4 is 5.32 Å². The third kappa shape index (κ3) is 3.69. The molecule has 0 heterocycles. The molecule has 4 nitrogen and oxygen atoms in total. The van der Waals surface area contributed by atoms with Gasteiger partial charge >= 0.3 is 0 Å². The highest BCUT2D eigenvalue weighted by molar-refractivity contribution is 5.78. The third-order valence-electron chi connectivity index (χ3n) is 4.37. The molecule has 2 saturated carbocycles. The first kappa shape index (κ1) is 13.8. The van der Waals surface area contributed by atoms with E-state index in [1.165, 1.54) is 12.8 Å². The lowest BCUT2D eigenvalue weighted by molar-refractivity contribution is -0.123. The van der Waals surface area contributed by atoms with Crippen molar-refractivity contribution in [1.82, 2.24) is 10.2 Å². The summed E-state index contributed by atoms with van der Waals surface area (Å²) < 4.78 is 0. The number of nitrogens with one attached hydrogen (secondary N) is 1. The van der Waals surface area contributed by atoms with Crippen molar-refractivity contribution in [3.8, 4) is 0 Å². The van der Waals surface area contributed by atoms with Crippen LogP contribution in [0.5, 0.6) is 0 Å². The van der Waals surface area contributed by atoms with Gasteiger partial charge in [0.05, 0.1) is 12.6 Å². The van der Waals surface area contributed by atoms with Crippen molar-refractivity contribution in [1.29, 1.82) is 0 Å². The Bertz CT molecular complexity index is 277. The Morgan fingerprint density at radius 2 is 1.78 bits per heavy atom. The summed E-state index contributed by atoms with van der Waals surface area (Å²) in [6.45, 7) is 0.415. The topological polar surface area (TPSA) is 52.6 Å². The van der Waals surface area contributed by atoms with Crippen LogP contribution in [0.2, 0.25) is 0 Å². The van der Waals surface area contributed by atoms with Gasteiger partial charge in [0.1, 0.15) is 0 Å². The summed E-state index contributed by atoms with van der Waals surface area (Å²) >= 11 is 0. The van der Waals surface area contributed by atoms with Crippen LogP contribution in [0.3, 0.4) is 0 Å². The lowest BCUT2D eigenvalue weighted by atomic mass is 9.91. The van der Waals surface area contributed by atoms with E-state index in [9.17, 15) is 9.90 Å². The van der Waals surface area contributed by atoms with Crippen molar-refractivity contribution in [2.45, 2.75) is 69.6 Å². The quantitative estimate of drug-likeness (QED) is 0.794. The van der Waals surface area contributed by atoms with Crippen molar-refractivity contribution in [3.63, 3.8) is 0 Å². The molecule has 2 unspecified atom stereocenters. The SMILES string of the molecule is CN(CC(=O)NC1CCCC1)C1CCCCC1O. The van der Waals surface area contributed by atoms with Gasteiger partial charge in [0.25, 0.3) is 0 Å². The van der Waals surface area contributed by atoms with E-state index in [4.69, 9.17) is 0 Å². The summed E-state index contributed by atoms with van der Waals surface area (Å²) in [4.78, 5) is 13.9. The Morgan fingerprint density at radius 1 is 1.17 bits per heavy atom. The number of aliphatic hydroxyl groups excluding tert-OH is 1. The standard InChI is InChI=1S/C14H26N2O2/c1-16(12-8-4-5-9-13(12)17)10-14(18)15-11-6-2-3-7-11/h11-13,17H,2-10H2,1H3,(H,15,18). The van der Waals surface area contributed by atoms with E-state index in [-0.39, 0.29) is 18.1 Å². The molecule has 2 fully saturated rings. The predicted octanol–water partition coefficient (Wildman–Crippen LogP) is 1.28. The van der Waals surface area contributed by atoms with E-state index in [0.717, 1.165) is 38.5 Å². The molecule has 0 radical (unpaired) electrons. The van der Waals surface area contributed by atoms with Crippen LogP contribution in [0.1, 0.15) is 51.4 Å². The first-order chi connectivity index (χ1) is 8.66. The van der Waals surface area contributed by atoms with Crippen LogP contribution >= 0.6 is 0 Å². The number of aliphatic hydroxyl groups is 1. The number of nitrogens with zero attached hydrogens (tertiary/aromatic N) is 1. The first-order valence-corrected chi connectivity index (χ1v) is 7.34. The van der Waals surface area contributed by atoms with Crippen LogP contribution in [0.4, 0.5) is 0 Å². The molecule has 0 bridgehead atoms. The van der Waals surface area contributed by atoms with Gasteiger partial charge in [-0.15, -0.1) is 0 Å². The number of likely N-dealkylation sites (N-methyl/N-ethyl adjacent to an activating group) is 1. The number of hydrogen-bond acceptors (Lipinski definition) is 3. The molecule has 0 aromatic rings. The van der Waals surface area contributed by atoms with Crippen LogP contribution in [-0.4, -0.2) is 47.7 Å². The predicted molar refractivity (Wildman–Crippen MR) is 71.3 cm³/mol. The Labute approximate surface area is 110 Å². The van der Waals surface area contributed by atoms with Gasteiger partial charge in [-0.05, 0) is 32.7 Å². The highest BCUT2D eigenvalue weighted by Crippen LogP contribution is 2.22. The zero-order valence-corrected chi connectivity index (χ0v) is 11.4. The Kier molecular flexibility index (Phi) is 5.01. The highest BCUT2D eigenvalue weighted by Gasteiger charge is 2.28. The number of carbonyl (C=O) groups excluding carboxylic acids is 1. The maximum Gasteiger partial charge on any atom is 0.234 e. The molecular weight excluding hydrogens is 228 g/mol. The molecule has 4 heteroatoms. The zero-order chi connectivity index (χ0) is 13.0. The molecule has 0 aliphatic heterocycles. The normalized spacial score (nSPS) is 29.7. The minimum Gasteiger partial charge on any atom is -0.391 e.